The van der Waals surface area contributed by atoms with Crippen molar-refractivity contribution >= 4 is 6.03 Å². The lowest BCUT2D eigenvalue weighted by Crippen LogP contribution is -2.49. The summed E-state index contributed by atoms with van der Waals surface area (Å²) in [6.45, 7) is 2.04. The first-order chi connectivity index (χ1) is 8.03. The van der Waals surface area contributed by atoms with Gasteiger partial charge in [-0.05, 0) is 19.8 Å². The van der Waals surface area contributed by atoms with Gasteiger partial charge in [-0.25, -0.2) is 4.79 Å². The summed E-state index contributed by atoms with van der Waals surface area (Å²) in [5.41, 5.74) is -1.02. The van der Waals surface area contributed by atoms with Crippen LogP contribution in [0, 0.1) is 0 Å². The van der Waals surface area contributed by atoms with Crippen molar-refractivity contribution in [2.24, 2.45) is 0 Å². The van der Waals surface area contributed by atoms with E-state index in [0.717, 1.165) is 12.8 Å². The fourth-order valence-electron chi connectivity index (χ4n) is 2.12. The molecule has 1 rings (SSSR count). The number of rotatable bonds is 5. The zero-order valence-electron chi connectivity index (χ0n) is 10.8. The van der Waals surface area contributed by atoms with Crippen molar-refractivity contribution in [2.45, 2.75) is 50.7 Å². The number of urea groups is 1. The minimum atomic E-state index is -1.02. The number of carbonyl (C=O) groups is 1. The molecule has 3 N–H and O–H groups in total. The van der Waals surface area contributed by atoms with Gasteiger partial charge >= 0.3 is 6.03 Å². The van der Waals surface area contributed by atoms with Gasteiger partial charge in [0.2, 0.25) is 0 Å². The summed E-state index contributed by atoms with van der Waals surface area (Å²) in [4.78, 5) is 11.6. The van der Waals surface area contributed by atoms with Gasteiger partial charge in [-0.1, -0.05) is 19.3 Å². The normalized spacial score (nSPS) is 20.6. The van der Waals surface area contributed by atoms with Crippen LogP contribution in [0.3, 0.4) is 0 Å². The first-order valence-electron chi connectivity index (χ1n) is 6.29. The van der Waals surface area contributed by atoms with E-state index in [2.05, 4.69) is 10.6 Å². The summed E-state index contributed by atoms with van der Waals surface area (Å²) in [6, 6.07) is 0.0874. The predicted octanol–water partition coefficient (Wildman–Crippen LogP) is 1.02. The van der Waals surface area contributed by atoms with E-state index in [1.165, 1.54) is 26.4 Å². The lowest BCUT2D eigenvalue weighted by molar-refractivity contribution is -0.0136. The number of hydrogen-bond acceptors (Lipinski definition) is 3. The summed E-state index contributed by atoms with van der Waals surface area (Å²) in [6.07, 6.45) is 5.75. The van der Waals surface area contributed by atoms with Crippen LogP contribution in [0.15, 0.2) is 0 Å². The van der Waals surface area contributed by atoms with Crippen LogP contribution in [-0.4, -0.2) is 43.0 Å². The number of nitrogens with one attached hydrogen (secondary N) is 2. The highest BCUT2D eigenvalue weighted by atomic mass is 16.5. The highest BCUT2D eigenvalue weighted by molar-refractivity contribution is 5.74. The Morgan fingerprint density at radius 1 is 1.41 bits per heavy atom. The molecular weight excluding hydrogens is 220 g/mol. The first kappa shape index (κ1) is 14.3. The summed E-state index contributed by atoms with van der Waals surface area (Å²) in [5, 5.41) is 15.4. The molecule has 0 aromatic carbocycles. The van der Waals surface area contributed by atoms with Gasteiger partial charge in [-0.2, -0.15) is 0 Å². The van der Waals surface area contributed by atoms with Crippen molar-refractivity contribution < 1.29 is 14.6 Å². The zero-order chi connectivity index (χ0) is 12.7. The molecule has 1 saturated carbocycles. The van der Waals surface area contributed by atoms with Crippen LogP contribution >= 0.6 is 0 Å². The van der Waals surface area contributed by atoms with Gasteiger partial charge in [0.05, 0.1) is 13.2 Å². The number of amides is 2. The Morgan fingerprint density at radius 2 is 2.06 bits per heavy atom. The molecule has 0 bridgehead atoms. The third kappa shape index (κ3) is 5.89. The van der Waals surface area contributed by atoms with Gasteiger partial charge in [0.1, 0.15) is 5.60 Å². The van der Waals surface area contributed by atoms with Crippen LogP contribution in [-0.2, 0) is 4.74 Å². The molecule has 1 fully saturated rings. The lowest BCUT2D eigenvalue weighted by Gasteiger charge is -2.25. The molecule has 17 heavy (non-hydrogen) atoms. The van der Waals surface area contributed by atoms with Gasteiger partial charge < -0.3 is 20.5 Å². The SMILES string of the molecule is COC[C@@](C)(O)CNC(=O)NC1CCCCC1. The Balaban J connectivity index is 2.20. The van der Waals surface area contributed by atoms with Crippen molar-refractivity contribution in [1.29, 1.82) is 0 Å². The first-order valence-corrected chi connectivity index (χ1v) is 6.29. The Labute approximate surface area is 103 Å². The Morgan fingerprint density at radius 3 is 2.65 bits per heavy atom. The quantitative estimate of drug-likeness (QED) is 0.676. The van der Waals surface area contributed by atoms with Crippen LogP contribution < -0.4 is 10.6 Å². The second-order valence-corrected chi connectivity index (χ2v) is 5.09. The molecule has 0 aromatic rings. The average Bonchev–Trinajstić information content (AvgIpc) is 2.28. The van der Waals surface area contributed by atoms with E-state index in [-0.39, 0.29) is 25.2 Å². The van der Waals surface area contributed by atoms with E-state index in [9.17, 15) is 9.90 Å². The molecule has 0 radical (unpaired) electrons. The molecule has 2 amide bonds. The Hall–Kier alpha value is -0.810. The monoisotopic (exact) mass is 244 g/mol. The van der Waals surface area contributed by atoms with Crippen LogP contribution in [0.1, 0.15) is 39.0 Å². The topological polar surface area (TPSA) is 70.6 Å². The second kappa shape index (κ2) is 6.81. The summed E-state index contributed by atoms with van der Waals surface area (Å²) < 4.78 is 4.87. The van der Waals surface area contributed by atoms with Crippen LogP contribution in [0.5, 0.6) is 0 Å². The van der Waals surface area contributed by atoms with E-state index in [1.807, 2.05) is 0 Å². The molecule has 0 saturated heterocycles. The Kier molecular flexibility index (Phi) is 5.71. The van der Waals surface area contributed by atoms with Crippen molar-refractivity contribution in [3.63, 3.8) is 0 Å². The maximum absolute atomic E-state index is 11.6. The molecule has 0 spiro atoms. The molecular formula is C12H24N2O3. The van der Waals surface area contributed by atoms with E-state index in [0.29, 0.717) is 0 Å². The van der Waals surface area contributed by atoms with Crippen molar-refractivity contribution in [3.05, 3.63) is 0 Å². The van der Waals surface area contributed by atoms with Crippen LogP contribution in [0.25, 0.3) is 0 Å². The lowest BCUT2D eigenvalue weighted by atomic mass is 9.96. The molecule has 1 aliphatic rings. The van der Waals surface area contributed by atoms with Crippen molar-refractivity contribution in [2.75, 3.05) is 20.3 Å². The van der Waals surface area contributed by atoms with Gasteiger partial charge in [0, 0.05) is 13.2 Å². The standard InChI is InChI=1S/C12H24N2O3/c1-12(16,9-17-2)8-13-11(15)14-10-6-4-3-5-7-10/h10,16H,3-9H2,1-2H3,(H2,13,14,15)/t12-/m0/s1. The molecule has 5 heteroatoms. The molecule has 0 unspecified atom stereocenters. The maximum atomic E-state index is 11.6. The van der Waals surface area contributed by atoms with E-state index in [4.69, 9.17) is 4.74 Å². The smallest absolute Gasteiger partial charge is 0.315 e. The fourth-order valence-corrected chi connectivity index (χ4v) is 2.12. The van der Waals surface area contributed by atoms with Gasteiger partial charge in [-0.3, -0.25) is 0 Å². The summed E-state index contributed by atoms with van der Waals surface area (Å²) in [7, 11) is 1.52. The maximum Gasteiger partial charge on any atom is 0.315 e. The predicted molar refractivity (Wildman–Crippen MR) is 65.9 cm³/mol. The molecule has 0 aliphatic heterocycles. The minimum Gasteiger partial charge on any atom is -0.386 e. The number of ether oxygens (including phenoxy) is 1. The van der Waals surface area contributed by atoms with Gasteiger partial charge in [-0.15, -0.1) is 0 Å². The molecule has 5 nitrogen and oxygen atoms in total. The average molecular weight is 244 g/mol. The summed E-state index contributed by atoms with van der Waals surface area (Å²) >= 11 is 0. The fraction of sp³-hybridized carbons (Fsp3) is 0.917. The van der Waals surface area contributed by atoms with Gasteiger partial charge in [0.15, 0.2) is 0 Å². The number of methoxy groups -OCH3 is 1. The van der Waals surface area contributed by atoms with Crippen LogP contribution in [0.2, 0.25) is 0 Å². The molecule has 0 heterocycles. The molecule has 1 atom stereocenters. The van der Waals surface area contributed by atoms with Crippen molar-refractivity contribution in [1.82, 2.24) is 10.6 Å². The van der Waals surface area contributed by atoms with Gasteiger partial charge in [0.25, 0.3) is 0 Å². The molecule has 1 aliphatic carbocycles. The summed E-state index contributed by atoms with van der Waals surface area (Å²) in [5.74, 6) is 0. The second-order valence-electron chi connectivity index (χ2n) is 5.09. The largest absolute Gasteiger partial charge is 0.386 e. The van der Waals surface area contributed by atoms with Crippen molar-refractivity contribution in [3.8, 4) is 0 Å². The number of hydrogen-bond donors (Lipinski definition) is 3. The highest BCUT2D eigenvalue weighted by Crippen LogP contribution is 2.17. The van der Waals surface area contributed by atoms with E-state index in [1.54, 1.807) is 6.92 Å². The third-order valence-corrected chi connectivity index (χ3v) is 3.03. The Bertz CT molecular complexity index is 238. The van der Waals surface area contributed by atoms with E-state index < -0.39 is 5.60 Å². The highest BCUT2D eigenvalue weighted by Gasteiger charge is 2.22. The minimum absolute atomic E-state index is 0.194. The van der Waals surface area contributed by atoms with Crippen LogP contribution in [0.4, 0.5) is 4.79 Å². The third-order valence-electron chi connectivity index (χ3n) is 3.03. The number of aliphatic hydroxyl groups is 1. The number of carbonyl (C=O) groups excluding carboxylic acids is 1. The zero-order valence-corrected chi connectivity index (χ0v) is 10.8. The molecule has 100 valence electrons. The van der Waals surface area contributed by atoms with E-state index >= 15 is 0 Å². The molecule has 0 aromatic heterocycles.